The van der Waals surface area contributed by atoms with Crippen molar-refractivity contribution in [3.05, 3.63) is 65.2 Å². The summed E-state index contributed by atoms with van der Waals surface area (Å²) in [5.74, 6) is 0.527. The van der Waals surface area contributed by atoms with Crippen LogP contribution in [0.2, 0.25) is 5.02 Å². The molecule has 1 atom stereocenters. The van der Waals surface area contributed by atoms with Crippen LogP contribution in [0.15, 0.2) is 54.6 Å². The Hall–Kier alpha value is -2.00. The van der Waals surface area contributed by atoms with Crippen molar-refractivity contribution in [1.29, 1.82) is 0 Å². The largest absolute Gasteiger partial charge is 0.481 e. The molecule has 0 bridgehead atoms. The molecule has 2 aromatic carbocycles. The molecule has 0 fully saturated rings. The highest BCUT2D eigenvalue weighted by atomic mass is 35.5. The van der Waals surface area contributed by atoms with Gasteiger partial charge in [-0.3, -0.25) is 4.79 Å². The molecule has 1 unspecified atom stereocenters. The first-order chi connectivity index (χ1) is 10.6. The summed E-state index contributed by atoms with van der Waals surface area (Å²) < 4.78 is 5.58. The first-order valence-corrected chi connectivity index (χ1v) is 7.77. The van der Waals surface area contributed by atoms with E-state index in [4.69, 9.17) is 16.3 Å². The number of aryl methyl sites for hydroxylation is 1. The molecule has 0 radical (unpaired) electrons. The fourth-order valence-electron chi connectivity index (χ4n) is 2.06. The summed E-state index contributed by atoms with van der Waals surface area (Å²) in [6.45, 7) is 2.38. The van der Waals surface area contributed by atoms with Gasteiger partial charge >= 0.3 is 0 Å². The van der Waals surface area contributed by atoms with Crippen molar-refractivity contribution < 1.29 is 9.53 Å². The molecule has 2 rings (SSSR count). The smallest absolute Gasteiger partial charge is 0.260 e. The molecule has 0 aliphatic carbocycles. The van der Waals surface area contributed by atoms with Gasteiger partial charge in [0, 0.05) is 11.6 Å². The number of amides is 1. The van der Waals surface area contributed by atoms with E-state index in [2.05, 4.69) is 17.4 Å². The molecular formula is C18H20ClNO2. The summed E-state index contributed by atoms with van der Waals surface area (Å²) in [6, 6.07) is 17.2. The van der Waals surface area contributed by atoms with Crippen molar-refractivity contribution in [3.63, 3.8) is 0 Å². The van der Waals surface area contributed by atoms with Crippen LogP contribution in [-0.4, -0.2) is 18.6 Å². The Kier molecular flexibility index (Phi) is 6.28. The van der Waals surface area contributed by atoms with E-state index in [1.54, 1.807) is 31.2 Å². The summed E-state index contributed by atoms with van der Waals surface area (Å²) in [5.41, 5.74) is 1.28. The van der Waals surface area contributed by atoms with E-state index in [0.717, 1.165) is 12.8 Å². The molecule has 0 heterocycles. The molecule has 0 aliphatic rings. The third-order valence-corrected chi connectivity index (χ3v) is 3.53. The number of hydrogen-bond acceptors (Lipinski definition) is 2. The molecule has 1 N–H and O–H groups in total. The van der Waals surface area contributed by atoms with Crippen LogP contribution in [0.3, 0.4) is 0 Å². The van der Waals surface area contributed by atoms with E-state index in [1.165, 1.54) is 5.56 Å². The van der Waals surface area contributed by atoms with Gasteiger partial charge < -0.3 is 10.1 Å². The third kappa shape index (κ3) is 5.41. The van der Waals surface area contributed by atoms with E-state index in [0.29, 0.717) is 17.3 Å². The zero-order valence-electron chi connectivity index (χ0n) is 12.6. The maximum atomic E-state index is 12.0. The molecule has 0 saturated heterocycles. The highest BCUT2D eigenvalue weighted by molar-refractivity contribution is 6.30. The molecule has 0 aromatic heterocycles. The quantitative estimate of drug-likeness (QED) is 0.788. The van der Waals surface area contributed by atoms with Crippen molar-refractivity contribution >= 4 is 17.5 Å². The summed E-state index contributed by atoms with van der Waals surface area (Å²) in [4.78, 5) is 12.0. The Balaban J connectivity index is 1.69. The lowest BCUT2D eigenvalue weighted by Gasteiger charge is -2.14. The average Bonchev–Trinajstić information content (AvgIpc) is 2.54. The predicted molar refractivity (Wildman–Crippen MR) is 89.3 cm³/mol. The predicted octanol–water partition coefficient (Wildman–Crippen LogP) is 3.86. The molecule has 116 valence electrons. The molecule has 22 heavy (non-hydrogen) atoms. The van der Waals surface area contributed by atoms with Gasteiger partial charge in [0.1, 0.15) is 5.75 Å². The van der Waals surface area contributed by atoms with Crippen LogP contribution in [0.25, 0.3) is 0 Å². The second-order valence-electron chi connectivity index (χ2n) is 5.09. The highest BCUT2D eigenvalue weighted by Crippen LogP contribution is 2.16. The van der Waals surface area contributed by atoms with Crippen LogP contribution in [0.4, 0.5) is 0 Å². The van der Waals surface area contributed by atoms with Crippen molar-refractivity contribution in [3.8, 4) is 5.75 Å². The Labute approximate surface area is 136 Å². The van der Waals surface area contributed by atoms with E-state index in [1.807, 2.05) is 18.2 Å². The number of carbonyl (C=O) groups excluding carboxylic acids is 1. The van der Waals surface area contributed by atoms with E-state index in [9.17, 15) is 4.79 Å². The lowest BCUT2D eigenvalue weighted by molar-refractivity contribution is -0.127. The minimum absolute atomic E-state index is 0.108. The van der Waals surface area contributed by atoms with Gasteiger partial charge in [0.2, 0.25) is 0 Å². The third-order valence-electron chi connectivity index (χ3n) is 3.28. The number of nitrogens with one attached hydrogen (secondary N) is 1. The van der Waals surface area contributed by atoms with Gasteiger partial charge in [-0.15, -0.1) is 0 Å². The second kappa shape index (κ2) is 8.44. The van der Waals surface area contributed by atoms with Gasteiger partial charge in [-0.25, -0.2) is 0 Å². The lowest BCUT2D eigenvalue weighted by atomic mass is 10.1. The van der Waals surface area contributed by atoms with E-state index >= 15 is 0 Å². The van der Waals surface area contributed by atoms with Gasteiger partial charge in [-0.2, -0.15) is 0 Å². The summed E-state index contributed by atoms with van der Waals surface area (Å²) >= 11 is 5.81. The second-order valence-corrected chi connectivity index (χ2v) is 5.53. The van der Waals surface area contributed by atoms with Gasteiger partial charge in [0.05, 0.1) is 0 Å². The molecule has 0 saturated carbocycles. The molecular weight excluding hydrogens is 298 g/mol. The van der Waals surface area contributed by atoms with Gasteiger partial charge in [0.25, 0.3) is 5.91 Å². The number of carbonyl (C=O) groups is 1. The Morgan fingerprint density at radius 2 is 1.82 bits per heavy atom. The van der Waals surface area contributed by atoms with Crippen LogP contribution in [-0.2, 0) is 11.2 Å². The zero-order chi connectivity index (χ0) is 15.8. The maximum Gasteiger partial charge on any atom is 0.260 e. The topological polar surface area (TPSA) is 38.3 Å². The van der Waals surface area contributed by atoms with Crippen LogP contribution >= 0.6 is 11.6 Å². The molecule has 3 nitrogen and oxygen atoms in total. The van der Waals surface area contributed by atoms with E-state index in [-0.39, 0.29) is 5.91 Å². The van der Waals surface area contributed by atoms with Crippen LogP contribution in [0.1, 0.15) is 18.9 Å². The molecule has 1 amide bonds. The standard InChI is InChI=1S/C18H20ClNO2/c1-14(22-17-11-9-16(19)10-12-17)18(21)20-13-5-8-15-6-3-2-4-7-15/h2-4,6-7,9-12,14H,5,8,13H2,1H3,(H,20,21). The Bertz CT molecular complexity index is 584. The zero-order valence-corrected chi connectivity index (χ0v) is 13.3. The fourth-order valence-corrected chi connectivity index (χ4v) is 2.19. The molecule has 0 aliphatic heterocycles. The number of halogens is 1. The van der Waals surface area contributed by atoms with Crippen molar-refractivity contribution in [2.45, 2.75) is 25.9 Å². The van der Waals surface area contributed by atoms with Crippen molar-refractivity contribution in [2.75, 3.05) is 6.54 Å². The summed E-state index contributed by atoms with van der Waals surface area (Å²) in [5, 5.41) is 3.54. The molecule has 2 aromatic rings. The summed E-state index contributed by atoms with van der Waals surface area (Å²) in [6.07, 6.45) is 1.33. The van der Waals surface area contributed by atoms with Crippen LogP contribution in [0.5, 0.6) is 5.75 Å². The number of ether oxygens (including phenoxy) is 1. The SMILES string of the molecule is CC(Oc1ccc(Cl)cc1)C(=O)NCCCc1ccccc1. The van der Waals surface area contributed by atoms with Crippen molar-refractivity contribution in [1.82, 2.24) is 5.32 Å². The van der Waals surface area contributed by atoms with E-state index < -0.39 is 6.10 Å². The minimum Gasteiger partial charge on any atom is -0.481 e. The molecule has 0 spiro atoms. The van der Waals surface area contributed by atoms with Crippen molar-refractivity contribution in [2.24, 2.45) is 0 Å². The first kappa shape index (κ1) is 16.4. The lowest BCUT2D eigenvalue weighted by Crippen LogP contribution is -2.36. The number of rotatable bonds is 7. The normalized spacial score (nSPS) is 11.7. The van der Waals surface area contributed by atoms with Crippen LogP contribution in [0, 0.1) is 0 Å². The maximum absolute atomic E-state index is 12.0. The van der Waals surface area contributed by atoms with Gasteiger partial charge in [-0.1, -0.05) is 41.9 Å². The van der Waals surface area contributed by atoms with Gasteiger partial charge in [0.15, 0.2) is 6.10 Å². The Morgan fingerprint density at radius 3 is 2.50 bits per heavy atom. The minimum atomic E-state index is -0.530. The number of benzene rings is 2. The van der Waals surface area contributed by atoms with Gasteiger partial charge in [-0.05, 0) is 49.6 Å². The Morgan fingerprint density at radius 1 is 1.14 bits per heavy atom. The highest BCUT2D eigenvalue weighted by Gasteiger charge is 2.13. The molecule has 4 heteroatoms. The monoisotopic (exact) mass is 317 g/mol. The summed E-state index contributed by atoms with van der Waals surface area (Å²) in [7, 11) is 0. The van der Waals surface area contributed by atoms with Crippen LogP contribution < -0.4 is 10.1 Å². The number of hydrogen-bond donors (Lipinski definition) is 1. The fraction of sp³-hybridized carbons (Fsp3) is 0.278. The first-order valence-electron chi connectivity index (χ1n) is 7.39. The average molecular weight is 318 g/mol.